The van der Waals surface area contributed by atoms with Crippen molar-refractivity contribution in [1.29, 1.82) is 0 Å². The summed E-state index contributed by atoms with van der Waals surface area (Å²) in [5, 5.41) is 3.79. The Bertz CT molecular complexity index is 321. The monoisotopic (exact) mass is 308 g/mol. The first-order valence-corrected chi connectivity index (χ1v) is 9.63. The van der Waals surface area contributed by atoms with Gasteiger partial charge < -0.3 is 10.2 Å². The van der Waals surface area contributed by atoms with Crippen LogP contribution in [0.3, 0.4) is 0 Å². The summed E-state index contributed by atoms with van der Waals surface area (Å²) in [4.78, 5) is 2.75. The molecule has 0 aromatic carbocycles. The minimum absolute atomic E-state index is 0.270. The van der Waals surface area contributed by atoms with Gasteiger partial charge in [-0.1, -0.05) is 20.8 Å². The normalized spacial score (nSPS) is 29.7. The van der Waals surface area contributed by atoms with E-state index in [0.29, 0.717) is 5.41 Å². The fourth-order valence-corrected chi connectivity index (χ4v) is 4.45. The van der Waals surface area contributed by atoms with Crippen LogP contribution >= 0.6 is 0 Å². The maximum Gasteiger partial charge on any atom is 0.00990 e. The van der Waals surface area contributed by atoms with E-state index in [1.807, 2.05) is 0 Å². The zero-order chi connectivity index (χ0) is 16.4. The molecule has 2 heteroatoms. The molecule has 22 heavy (non-hydrogen) atoms. The number of likely N-dealkylation sites (tertiary alicyclic amines) is 1. The SMILES string of the molecule is CC(C)(C)NC1CCC(CN2CCC(C(C)(C)C)CC2)CC1. The molecular formula is C20H40N2. The van der Waals surface area contributed by atoms with E-state index < -0.39 is 0 Å². The maximum absolute atomic E-state index is 3.79. The highest BCUT2D eigenvalue weighted by Crippen LogP contribution is 2.35. The molecule has 0 unspecified atom stereocenters. The fourth-order valence-electron chi connectivity index (χ4n) is 4.45. The molecular weight excluding hydrogens is 268 g/mol. The number of rotatable bonds is 3. The Kier molecular flexibility index (Phi) is 5.99. The summed E-state index contributed by atoms with van der Waals surface area (Å²) >= 11 is 0. The molecule has 2 fully saturated rings. The third-order valence-corrected chi connectivity index (χ3v) is 5.81. The number of nitrogens with zero attached hydrogens (tertiary/aromatic N) is 1. The molecule has 1 N–H and O–H groups in total. The number of nitrogens with one attached hydrogen (secondary N) is 1. The summed E-state index contributed by atoms with van der Waals surface area (Å²) < 4.78 is 0. The minimum Gasteiger partial charge on any atom is -0.309 e. The van der Waals surface area contributed by atoms with Crippen molar-refractivity contribution < 1.29 is 0 Å². The quantitative estimate of drug-likeness (QED) is 0.813. The van der Waals surface area contributed by atoms with Crippen molar-refractivity contribution in [3.63, 3.8) is 0 Å². The van der Waals surface area contributed by atoms with E-state index in [4.69, 9.17) is 0 Å². The predicted octanol–water partition coefficient (Wildman–Crippen LogP) is 4.69. The predicted molar refractivity (Wildman–Crippen MR) is 97.3 cm³/mol. The van der Waals surface area contributed by atoms with Gasteiger partial charge in [-0.3, -0.25) is 0 Å². The zero-order valence-corrected chi connectivity index (χ0v) is 16.0. The average Bonchev–Trinajstić information content (AvgIpc) is 2.39. The summed E-state index contributed by atoms with van der Waals surface area (Å²) in [6.45, 7) is 18.1. The van der Waals surface area contributed by atoms with Gasteiger partial charge in [0.1, 0.15) is 0 Å². The topological polar surface area (TPSA) is 15.3 Å². The molecule has 2 rings (SSSR count). The summed E-state index contributed by atoms with van der Waals surface area (Å²) in [6, 6.07) is 0.753. The number of hydrogen-bond acceptors (Lipinski definition) is 2. The van der Waals surface area contributed by atoms with Gasteiger partial charge in [-0.2, -0.15) is 0 Å². The third-order valence-electron chi connectivity index (χ3n) is 5.81. The lowest BCUT2D eigenvalue weighted by atomic mass is 9.75. The van der Waals surface area contributed by atoms with E-state index in [1.54, 1.807) is 0 Å². The third kappa shape index (κ3) is 5.85. The molecule has 2 aliphatic rings. The van der Waals surface area contributed by atoms with Gasteiger partial charge in [0.2, 0.25) is 0 Å². The van der Waals surface area contributed by atoms with Crippen molar-refractivity contribution in [2.75, 3.05) is 19.6 Å². The van der Waals surface area contributed by atoms with Gasteiger partial charge in [0, 0.05) is 18.1 Å². The summed E-state index contributed by atoms with van der Waals surface area (Å²) in [5.41, 5.74) is 0.773. The molecule has 0 atom stereocenters. The van der Waals surface area contributed by atoms with Crippen molar-refractivity contribution in [2.45, 2.75) is 91.6 Å². The van der Waals surface area contributed by atoms with E-state index >= 15 is 0 Å². The van der Waals surface area contributed by atoms with Crippen LogP contribution in [0.4, 0.5) is 0 Å². The molecule has 1 heterocycles. The zero-order valence-electron chi connectivity index (χ0n) is 16.0. The Morgan fingerprint density at radius 2 is 1.36 bits per heavy atom. The van der Waals surface area contributed by atoms with Crippen LogP contribution in [0.5, 0.6) is 0 Å². The largest absolute Gasteiger partial charge is 0.309 e. The smallest absolute Gasteiger partial charge is 0.00990 e. The standard InChI is InChI=1S/C20H40N2/c1-19(2,3)17-11-13-22(14-12-17)15-16-7-9-18(10-8-16)21-20(4,5)6/h16-18,21H,7-15H2,1-6H3. The van der Waals surface area contributed by atoms with Crippen LogP contribution in [0.25, 0.3) is 0 Å². The Morgan fingerprint density at radius 3 is 1.82 bits per heavy atom. The van der Waals surface area contributed by atoms with Crippen LogP contribution < -0.4 is 5.32 Å². The van der Waals surface area contributed by atoms with Crippen LogP contribution in [0, 0.1) is 17.3 Å². The van der Waals surface area contributed by atoms with Crippen LogP contribution in [-0.4, -0.2) is 36.1 Å². The maximum atomic E-state index is 3.79. The molecule has 1 saturated carbocycles. The van der Waals surface area contributed by atoms with Gasteiger partial charge in [0.05, 0.1) is 0 Å². The van der Waals surface area contributed by atoms with E-state index in [2.05, 4.69) is 51.8 Å². The van der Waals surface area contributed by atoms with Crippen LogP contribution in [-0.2, 0) is 0 Å². The summed E-state index contributed by atoms with van der Waals surface area (Å²) in [6.07, 6.45) is 8.41. The second kappa shape index (κ2) is 7.21. The lowest BCUT2D eigenvalue weighted by Crippen LogP contribution is -2.46. The molecule has 0 aromatic heterocycles. The Hall–Kier alpha value is -0.0800. The first kappa shape index (κ1) is 18.3. The van der Waals surface area contributed by atoms with Crippen molar-refractivity contribution in [3.8, 4) is 0 Å². The Balaban J connectivity index is 1.67. The van der Waals surface area contributed by atoms with Gasteiger partial charge in [-0.25, -0.2) is 0 Å². The van der Waals surface area contributed by atoms with E-state index in [0.717, 1.165) is 17.9 Å². The second-order valence-corrected chi connectivity index (χ2v) is 10.1. The van der Waals surface area contributed by atoms with Gasteiger partial charge in [-0.15, -0.1) is 0 Å². The first-order valence-electron chi connectivity index (χ1n) is 9.63. The summed E-state index contributed by atoms with van der Waals surface area (Å²) in [5.74, 6) is 1.87. The highest BCUT2D eigenvalue weighted by molar-refractivity contribution is 4.85. The number of piperidine rings is 1. The molecule has 0 spiro atoms. The van der Waals surface area contributed by atoms with Crippen molar-refractivity contribution in [1.82, 2.24) is 10.2 Å². The molecule has 0 radical (unpaired) electrons. The van der Waals surface area contributed by atoms with E-state index in [9.17, 15) is 0 Å². The molecule has 1 saturated heterocycles. The Morgan fingerprint density at radius 1 is 0.818 bits per heavy atom. The van der Waals surface area contributed by atoms with E-state index in [1.165, 1.54) is 58.2 Å². The number of hydrogen-bond donors (Lipinski definition) is 1. The van der Waals surface area contributed by atoms with Crippen molar-refractivity contribution >= 4 is 0 Å². The molecule has 130 valence electrons. The van der Waals surface area contributed by atoms with Crippen molar-refractivity contribution in [2.24, 2.45) is 17.3 Å². The molecule has 1 aliphatic carbocycles. The second-order valence-electron chi connectivity index (χ2n) is 10.1. The molecule has 2 nitrogen and oxygen atoms in total. The average molecular weight is 309 g/mol. The molecule has 0 amide bonds. The highest BCUT2D eigenvalue weighted by Gasteiger charge is 2.30. The van der Waals surface area contributed by atoms with Gasteiger partial charge >= 0.3 is 0 Å². The molecule has 1 aliphatic heterocycles. The Labute approximate surface area is 139 Å². The lowest BCUT2D eigenvalue weighted by Gasteiger charge is -2.41. The molecule has 0 bridgehead atoms. The van der Waals surface area contributed by atoms with E-state index in [-0.39, 0.29) is 5.54 Å². The van der Waals surface area contributed by atoms with Crippen molar-refractivity contribution in [3.05, 3.63) is 0 Å². The van der Waals surface area contributed by atoms with Gasteiger partial charge in [0.15, 0.2) is 0 Å². The minimum atomic E-state index is 0.270. The van der Waals surface area contributed by atoms with Crippen LogP contribution in [0.1, 0.15) is 80.1 Å². The first-order chi connectivity index (χ1) is 10.1. The van der Waals surface area contributed by atoms with Crippen LogP contribution in [0.2, 0.25) is 0 Å². The lowest BCUT2D eigenvalue weighted by molar-refractivity contribution is 0.0918. The fraction of sp³-hybridized carbons (Fsp3) is 1.00. The van der Waals surface area contributed by atoms with Crippen LogP contribution in [0.15, 0.2) is 0 Å². The molecule has 0 aromatic rings. The van der Waals surface area contributed by atoms with Gasteiger partial charge in [-0.05, 0) is 89.6 Å². The van der Waals surface area contributed by atoms with Gasteiger partial charge in [0.25, 0.3) is 0 Å². The summed E-state index contributed by atoms with van der Waals surface area (Å²) in [7, 11) is 0. The highest BCUT2D eigenvalue weighted by atomic mass is 15.1.